The SMILES string of the molecule is O=C(O)CCCN(CCCS(=O)(=O)[O-])c1ccc(-c2c([O-])c(=[N+](Cc3ccccc3)Cc3ccccc3)c2=O)cc1. The van der Waals surface area contributed by atoms with E-state index in [-0.39, 0.29) is 41.5 Å². The topological polar surface area (TPSA) is 141 Å². The van der Waals surface area contributed by atoms with Gasteiger partial charge in [-0.3, -0.25) is 9.59 Å². The first kappa shape index (κ1) is 29.7. The molecule has 4 aromatic rings. The molecule has 0 atom stereocenters. The molecule has 0 unspecified atom stereocenters. The van der Waals surface area contributed by atoms with Gasteiger partial charge in [-0.25, -0.2) is 13.0 Å². The first-order valence-corrected chi connectivity index (χ1v) is 14.9. The normalized spacial score (nSPS) is 11.4. The molecule has 0 saturated heterocycles. The van der Waals surface area contributed by atoms with E-state index < -0.39 is 21.8 Å². The van der Waals surface area contributed by atoms with Gasteiger partial charge in [0.2, 0.25) is 5.36 Å². The Hall–Kier alpha value is -4.28. The smallest absolute Gasteiger partial charge is 0.303 e. The monoisotopic (exact) mass is 575 g/mol. The van der Waals surface area contributed by atoms with E-state index in [2.05, 4.69) is 0 Å². The lowest BCUT2D eigenvalue weighted by molar-refractivity contribution is -0.271. The van der Waals surface area contributed by atoms with Crippen molar-refractivity contribution in [1.29, 1.82) is 0 Å². The van der Waals surface area contributed by atoms with Crippen LogP contribution in [-0.4, -0.2) is 42.9 Å². The minimum Gasteiger partial charge on any atom is -0.867 e. The van der Waals surface area contributed by atoms with Crippen molar-refractivity contribution in [2.75, 3.05) is 23.7 Å². The van der Waals surface area contributed by atoms with Crippen molar-refractivity contribution < 1.29 is 28.0 Å². The van der Waals surface area contributed by atoms with Crippen molar-refractivity contribution in [2.45, 2.75) is 32.4 Å². The van der Waals surface area contributed by atoms with Gasteiger partial charge in [-0.2, -0.15) is 0 Å². The number of hydrogen-bond acceptors (Lipinski definition) is 7. The summed E-state index contributed by atoms with van der Waals surface area (Å²) in [5.74, 6) is -1.79. The average molecular weight is 576 g/mol. The molecule has 4 aromatic carbocycles. The molecule has 0 aliphatic carbocycles. The summed E-state index contributed by atoms with van der Waals surface area (Å²) in [6.07, 6.45) is 0.356. The number of nitrogens with zero attached hydrogens (tertiary/aromatic N) is 2. The summed E-state index contributed by atoms with van der Waals surface area (Å²) < 4.78 is 34.9. The number of rotatable bonds is 14. The number of carboxylic acid groups (broad SMARTS) is 1. The molecular weight excluding hydrogens is 544 g/mol. The van der Waals surface area contributed by atoms with E-state index in [0.717, 1.165) is 11.1 Å². The van der Waals surface area contributed by atoms with Gasteiger partial charge in [-0.15, -0.1) is 0 Å². The van der Waals surface area contributed by atoms with Crippen LogP contribution in [0.4, 0.5) is 5.69 Å². The Balaban J connectivity index is 1.62. The number of benzene rings is 3. The zero-order chi connectivity index (χ0) is 29.4. The standard InChI is InChI=1S/C31H32N2O7S/c34-27(35)13-7-18-32(19-8-20-41(38,39)40)26-16-14-25(15-17-26)28-30(36)29(31(28)37)33(21-23-9-3-1-4-10-23)22-24-11-5-2-6-12-24/h1-6,9-12,14-17H,7-8,13,18-22H2,(H2-,34,35,36,37,38,39,40)/p-1. The third-order valence-corrected chi connectivity index (χ3v) is 7.58. The second kappa shape index (κ2) is 13.4. The van der Waals surface area contributed by atoms with Gasteiger partial charge in [0.15, 0.2) is 13.1 Å². The summed E-state index contributed by atoms with van der Waals surface area (Å²) in [6, 6.07) is 26.0. The molecule has 9 nitrogen and oxygen atoms in total. The number of aliphatic carboxylic acids is 1. The van der Waals surface area contributed by atoms with Gasteiger partial charge in [-0.05, 0) is 36.3 Å². The van der Waals surface area contributed by atoms with E-state index in [4.69, 9.17) is 5.11 Å². The maximum atomic E-state index is 13.4. The molecule has 0 aliphatic rings. The van der Waals surface area contributed by atoms with Crippen molar-refractivity contribution in [3.05, 3.63) is 112 Å². The average Bonchev–Trinajstić information content (AvgIpc) is 2.93. The third kappa shape index (κ3) is 8.12. The predicted molar refractivity (Wildman–Crippen MR) is 154 cm³/mol. The van der Waals surface area contributed by atoms with Gasteiger partial charge in [0.05, 0.1) is 10.1 Å². The maximum absolute atomic E-state index is 13.4. The zero-order valence-electron chi connectivity index (χ0n) is 22.4. The van der Waals surface area contributed by atoms with E-state index in [1.54, 1.807) is 33.7 Å². The van der Waals surface area contributed by atoms with Gasteiger partial charge >= 0.3 is 5.97 Å². The van der Waals surface area contributed by atoms with Crippen LogP contribution in [0.3, 0.4) is 0 Å². The third-order valence-electron chi connectivity index (χ3n) is 6.80. The van der Waals surface area contributed by atoms with Crippen LogP contribution in [0.15, 0.2) is 89.7 Å². The molecule has 10 heteroatoms. The van der Waals surface area contributed by atoms with E-state index in [9.17, 15) is 27.7 Å². The molecule has 214 valence electrons. The fraction of sp³-hybridized carbons (Fsp3) is 0.258. The highest BCUT2D eigenvalue weighted by molar-refractivity contribution is 7.85. The summed E-state index contributed by atoms with van der Waals surface area (Å²) >= 11 is 0. The Bertz CT molecular complexity index is 1620. The molecule has 0 saturated carbocycles. The van der Waals surface area contributed by atoms with Gasteiger partial charge in [0, 0.05) is 47.6 Å². The molecule has 0 spiro atoms. The quantitative estimate of drug-likeness (QED) is 0.179. The van der Waals surface area contributed by atoms with Crippen LogP contribution in [0, 0.1) is 0 Å². The maximum Gasteiger partial charge on any atom is 0.303 e. The molecule has 0 aliphatic heterocycles. The Labute approximate surface area is 238 Å². The molecule has 0 bridgehead atoms. The first-order chi connectivity index (χ1) is 19.6. The van der Waals surface area contributed by atoms with Crippen molar-refractivity contribution in [2.24, 2.45) is 0 Å². The minimum atomic E-state index is -4.37. The molecule has 0 fully saturated rings. The predicted octanol–water partition coefficient (Wildman–Crippen LogP) is 2.44. The van der Waals surface area contributed by atoms with Crippen molar-refractivity contribution in [3.63, 3.8) is 0 Å². The fourth-order valence-electron chi connectivity index (χ4n) is 4.81. The van der Waals surface area contributed by atoms with E-state index >= 15 is 0 Å². The highest BCUT2D eigenvalue weighted by Crippen LogP contribution is 2.26. The second-order valence-corrected chi connectivity index (χ2v) is 11.4. The highest BCUT2D eigenvalue weighted by Gasteiger charge is 2.22. The number of hydrogen-bond donors (Lipinski definition) is 1. The lowest BCUT2D eigenvalue weighted by Gasteiger charge is -2.25. The Morgan fingerprint density at radius 1 is 0.829 bits per heavy atom. The van der Waals surface area contributed by atoms with Crippen molar-refractivity contribution in [1.82, 2.24) is 4.58 Å². The van der Waals surface area contributed by atoms with Crippen molar-refractivity contribution in [3.8, 4) is 16.9 Å². The van der Waals surface area contributed by atoms with Crippen LogP contribution in [0.5, 0.6) is 5.75 Å². The van der Waals surface area contributed by atoms with E-state index in [0.29, 0.717) is 37.3 Å². The van der Waals surface area contributed by atoms with Crippen LogP contribution in [0.1, 0.15) is 30.4 Å². The lowest BCUT2D eigenvalue weighted by Crippen LogP contribution is -2.47. The van der Waals surface area contributed by atoms with Crippen LogP contribution in [-0.2, 0) is 28.0 Å². The Kier molecular flexibility index (Phi) is 9.69. The fourth-order valence-corrected chi connectivity index (χ4v) is 5.30. The number of carbonyl (C=O) groups is 1. The highest BCUT2D eigenvalue weighted by atomic mass is 32.2. The largest absolute Gasteiger partial charge is 0.867 e. The van der Waals surface area contributed by atoms with Gasteiger partial charge in [0.1, 0.15) is 0 Å². The summed E-state index contributed by atoms with van der Waals surface area (Å²) in [7, 11) is -4.37. The zero-order valence-corrected chi connectivity index (χ0v) is 23.3. The summed E-state index contributed by atoms with van der Waals surface area (Å²) in [6.45, 7) is 1.38. The molecule has 4 rings (SSSR count). The van der Waals surface area contributed by atoms with Crippen molar-refractivity contribution >= 4 is 21.8 Å². The Morgan fingerprint density at radius 3 is 1.85 bits per heavy atom. The second-order valence-electron chi connectivity index (χ2n) is 9.86. The Morgan fingerprint density at radius 2 is 1.37 bits per heavy atom. The number of anilines is 1. The molecule has 0 aromatic heterocycles. The van der Waals surface area contributed by atoms with Crippen LogP contribution in [0.2, 0.25) is 0 Å². The summed E-state index contributed by atoms with van der Waals surface area (Å²) in [5, 5.41) is 22.5. The molecule has 1 N–H and O–H groups in total. The van der Waals surface area contributed by atoms with Crippen LogP contribution < -0.4 is 25.4 Å². The lowest BCUT2D eigenvalue weighted by atomic mass is 9.98. The molecule has 0 amide bonds. The summed E-state index contributed by atoms with van der Waals surface area (Å²) in [5.41, 5.74) is 2.87. The molecule has 41 heavy (non-hydrogen) atoms. The van der Waals surface area contributed by atoms with Gasteiger partial charge < -0.3 is 19.7 Å². The molecule has 0 radical (unpaired) electrons. The van der Waals surface area contributed by atoms with E-state index in [1.807, 2.05) is 60.7 Å². The van der Waals surface area contributed by atoms with Gasteiger partial charge in [-0.1, -0.05) is 72.8 Å². The summed E-state index contributed by atoms with van der Waals surface area (Å²) in [4.78, 5) is 26.1. The first-order valence-electron chi connectivity index (χ1n) is 13.3. The number of carboxylic acids is 1. The molecule has 0 heterocycles. The molecular formula is C31H31N2O7S-. The van der Waals surface area contributed by atoms with Crippen LogP contribution >= 0.6 is 0 Å². The minimum absolute atomic E-state index is 0.0591. The van der Waals surface area contributed by atoms with Crippen LogP contribution in [0.25, 0.3) is 11.1 Å². The van der Waals surface area contributed by atoms with Gasteiger partial charge in [0.25, 0.3) is 5.43 Å². The van der Waals surface area contributed by atoms with E-state index in [1.165, 1.54) is 0 Å².